The zero-order valence-corrected chi connectivity index (χ0v) is 21.3. The lowest BCUT2D eigenvalue weighted by Crippen LogP contribution is -2.49. The van der Waals surface area contributed by atoms with Gasteiger partial charge in [-0.25, -0.2) is 4.98 Å². The molecule has 1 atom stereocenters. The van der Waals surface area contributed by atoms with Gasteiger partial charge in [0, 0.05) is 68.7 Å². The number of piperazine rings is 1. The predicted molar refractivity (Wildman–Crippen MR) is 140 cm³/mol. The van der Waals surface area contributed by atoms with Crippen molar-refractivity contribution in [3.05, 3.63) is 105 Å². The van der Waals surface area contributed by atoms with Gasteiger partial charge in [-0.05, 0) is 35.9 Å². The number of pyridine rings is 1. The molecule has 4 aromatic rings. The number of imidazole rings is 1. The summed E-state index contributed by atoms with van der Waals surface area (Å²) in [5, 5.41) is 11.3. The minimum absolute atomic E-state index is 0.00174. The molecule has 0 bridgehead atoms. The molecule has 2 aromatic heterocycles. The molecule has 3 heterocycles. The number of amides is 1. The van der Waals surface area contributed by atoms with E-state index in [9.17, 15) is 28.1 Å². The highest BCUT2D eigenvalue weighted by Crippen LogP contribution is 2.35. The van der Waals surface area contributed by atoms with E-state index in [1.807, 2.05) is 4.90 Å². The summed E-state index contributed by atoms with van der Waals surface area (Å²) in [4.78, 5) is 32.0. The van der Waals surface area contributed by atoms with Gasteiger partial charge in [-0.1, -0.05) is 29.8 Å². The molecule has 1 fully saturated rings. The van der Waals surface area contributed by atoms with Gasteiger partial charge in [-0.15, -0.1) is 0 Å². The zero-order valence-electron chi connectivity index (χ0n) is 20.5. The fraction of sp³-hybridized carbons (Fsp3) is 0.259. The fourth-order valence-electron chi connectivity index (χ4n) is 4.86. The van der Waals surface area contributed by atoms with Crippen LogP contribution in [0, 0.1) is 10.1 Å². The minimum atomic E-state index is -4.53. The second kappa shape index (κ2) is 10.6. The first-order valence-corrected chi connectivity index (χ1v) is 12.5. The molecule has 1 unspecified atom stereocenters. The number of hydrogen-bond acceptors (Lipinski definition) is 5. The molecule has 39 heavy (non-hydrogen) atoms. The van der Waals surface area contributed by atoms with E-state index in [-0.39, 0.29) is 18.0 Å². The van der Waals surface area contributed by atoms with Crippen LogP contribution in [0.2, 0.25) is 5.02 Å². The van der Waals surface area contributed by atoms with E-state index < -0.39 is 22.6 Å². The van der Waals surface area contributed by atoms with Crippen LogP contribution in [0.4, 0.5) is 24.5 Å². The van der Waals surface area contributed by atoms with E-state index in [0.717, 1.165) is 17.8 Å². The van der Waals surface area contributed by atoms with Crippen LogP contribution in [-0.2, 0) is 11.0 Å². The minimum Gasteiger partial charge on any atom is -0.368 e. The number of alkyl halides is 3. The molecule has 1 aliphatic heterocycles. The number of nitrogens with zero attached hydrogens (tertiary/aromatic N) is 5. The summed E-state index contributed by atoms with van der Waals surface area (Å²) in [7, 11) is 0. The Morgan fingerprint density at radius 2 is 1.77 bits per heavy atom. The van der Waals surface area contributed by atoms with E-state index in [1.165, 1.54) is 18.2 Å². The van der Waals surface area contributed by atoms with Gasteiger partial charge in [0.1, 0.15) is 5.65 Å². The maximum atomic E-state index is 13.5. The first kappa shape index (κ1) is 26.5. The van der Waals surface area contributed by atoms with Gasteiger partial charge in [0.25, 0.3) is 5.69 Å². The lowest BCUT2D eigenvalue weighted by Gasteiger charge is -2.36. The van der Waals surface area contributed by atoms with Crippen molar-refractivity contribution in [1.82, 2.24) is 14.3 Å². The highest BCUT2D eigenvalue weighted by atomic mass is 35.5. The van der Waals surface area contributed by atoms with E-state index in [4.69, 9.17) is 11.6 Å². The summed E-state index contributed by atoms with van der Waals surface area (Å²) < 4.78 is 42.3. The van der Waals surface area contributed by atoms with Crippen LogP contribution in [0.25, 0.3) is 5.65 Å². The lowest BCUT2D eigenvalue weighted by molar-refractivity contribution is -0.384. The summed E-state index contributed by atoms with van der Waals surface area (Å²) >= 11 is 6.19. The molecule has 1 amide bonds. The Morgan fingerprint density at radius 1 is 1.05 bits per heavy atom. The van der Waals surface area contributed by atoms with Crippen LogP contribution in [0.3, 0.4) is 0 Å². The molecule has 0 spiro atoms. The molecule has 12 heteroatoms. The number of nitro benzene ring substituents is 1. The molecule has 0 N–H and O–H groups in total. The normalized spacial score (nSPS) is 15.0. The summed E-state index contributed by atoms with van der Waals surface area (Å²) in [5.41, 5.74) is 1.50. The highest BCUT2D eigenvalue weighted by Gasteiger charge is 2.33. The molecule has 202 valence electrons. The summed E-state index contributed by atoms with van der Waals surface area (Å²) in [6.45, 7) is 1.85. The Morgan fingerprint density at radius 3 is 2.44 bits per heavy atom. The van der Waals surface area contributed by atoms with Crippen LogP contribution in [-0.4, -0.2) is 51.3 Å². The third kappa shape index (κ3) is 5.68. The zero-order chi connectivity index (χ0) is 27.7. The van der Waals surface area contributed by atoms with Crippen LogP contribution < -0.4 is 4.90 Å². The Hall–Kier alpha value is -4.12. The maximum Gasteiger partial charge on any atom is 0.416 e. The standard InChI is InChI=1S/C27H23ClF3N5O3/c28-20-4-9-25-32-16-24(35(25)17-20)23(18-2-1-3-19(14-18)27(29,30)31)15-26(37)34-12-10-33(11-13-34)21-5-7-22(8-6-21)36(38)39/h1-9,14,16-17,23H,10-13,15H2. The topological polar surface area (TPSA) is 84.0 Å². The van der Waals surface area contributed by atoms with Gasteiger partial charge in [-0.3, -0.25) is 14.9 Å². The van der Waals surface area contributed by atoms with Crippen molar-refractivity contribution in [3.63, 3.8) is 0 Å². The van der Waals surface area contributed by atoms with Crippen molar-refractivity contribution < 1.29 is 22.9 Å². The highest BCUT2D eigenvalue weighted by molar-refractivity contribution is 6.30. The second-order valence-corrected chi connectivity index (χ2v) is 9.72. The average Bonchev–Trinajstić information content (AvgIpc) is 3.34. The number of anilines is 1. The van der Waals surface area contributed by atoms with Crippen LogP contribution in [0.1, 0.15) is 29.2 Å². The van der Waals surface area contributed by atoms with E-state index in [0.29, 0.717) is 48.1 Å². The van der Waals surface area contributed by atoms with E-state index in [1.54, 1.807) is 52.0 Å². The maximum absolute atomic E-state index is 13.5. The largest absolute Gasteiger partial charge is 0.416 e. The first-order chi connectivity index (χ1) is 18.6. The summed E-state index contributed by atoms with van der Waals surface area (Å²) in [5.74, 6) is -0.890. The number of aromatic nitrogens is 2. The van der Waals surface area contributed by atoms with E-state index >= 15 is 0 Å². The van der Waals surface area contributed by atoms with Gasteiger partial charge >= 0.3 is 6.18 Å². The molecule has 1 aliphatic rings. The SMILES string of the molecule is O=C(CC(c1cccc(C(F)(F)F)c1)c1cnc2ccc(Cl)cn12)N1CCN(c2ccc([N+](=O)[O-])cc2)CC1. The van der Waals surface area contributed by atoms with Gasteiger partial charge in [0.2, 0.25) is 5.91 Å². The van der Waals surface area contributed by atoms with Crippen molar-refractivity contribution in [1.29, 1.82) is 0 Å². The first-order valence-electron chi connectivity index (χ1n) is 12.2. The van der Waals surface area contributed by atoms with Gasteiger partial charge < -0.3 is 14.2 Å². The van der Waals surface area contributed by atoms with Crippen molar-refractivity contribution in [3.8, 4) is 0 Å². The Balaban J connectivity index is 1.38. The second-order valence-electron chi connectivity index (χ2n) is 9.28. The van der Waals surface area contributed by atoms with Crippen LogP contribution in [0.5, 0.6) is 0 Å². The Kier molecular flexibility index (Phi) is 7.17. The predicted octanol–water partition coefficient (Wildman–Crippen LogP) is 5.79. The van der Waals surface area contributed by atoms with Crippen molar-refractivity contribution in [2.45, 2.75) is 18.5 Å². The number of halogens is 4. The molecule has 8 nitrogen and oxygen atoms in total. The third-order valence-electron chi connectivity index (χ3n) is 6.91. The lowest BCUT2D eigenvalue weighted by atomic mass is 9.90. The van der Waals surface area contributed by atoms with Gasteiger partial charge in [0.05, 0.1) is 21.2 Å². The summed E-state index contributed by atoms with van der Waals surface area (Å²) in [6.07, 6.45) is -1.38. The third-order valence-corrected chi connectivity index (χ3v) is 7.13. The van der Waals surface area contributed by atoms with Crippen LogP contribution >= 0.6 is 11.6 Å². The number of rotatable bonds is 6. The number of benzene rings is 2. The molecule has 0 aliphatic carbocycles. The average molecular weight is 558 g/mol. The molecular formula is C27H23ClF3N5O3. The molecule has 5 rings (SSSR count). The van der Waals surface area contributed by atoms with Gasteiger partial charge in [0.15, 0.2) is 0 Å². The summed E-state index contributed by atoms with van der Waals surface area (Å²) in [6, 6.07) is 14.6. The number of fused-ring (bicyclic) bond motifs is 1. The van der Waals surface area contributed by atoms with Crippen molar-refractivity contribution in [2.75, 3.05) is 31.1 Å². The van der Waals surface area contributed by atoms with Crippen LogP contribution in [0.15, 0.2) is 73.1 Å². The van der Waals surface area contributed by atoms with Gasteiger partial charge in [-0.2, -0.15) is 13.2 Å². The van der Waals surface area contributed by atoms with E-state index in [2.05, 4.69) is 4.98 Å². The molecule has 1 saturated heterocycles. The van der Waals surface area contributed by atoms with Crippen molar-refractivity contribution in [2.24, 2.45) is 0 Å². The molecule has 0 saturated carbocycles. The Labute approximate surface area is 226 Å². The van der Waals surface area contributed by atoms with Crippen molar-refractivity contribution >= 4 is 34.5 Å². The Bertz CT molecular complexity index is 1520. The number of carbonyl (C=O) groups is 1. The molecule has 2 aromatic carbocycles. The molecular weight excluding hydrogens is 535 g/mol. The number of hydrogen-bond donors (Lipinski definition) is 0. The number of non-ortho nitro benzene ring substituents is 1. The smallest absolute Gasteiger partial charge is 0.368 e. The monoisotopic (exact) mass is 557 g/mol. The quantitative estimate of drug-likeness (QED) is 0.221. The number of nitro groups is 1. The molecule has 0 radical (unpaired) electrons. The fourth-order valence-corrected chi connectivity index (χ4v) is 5.02. The number of carbonyl (C=O) groups excluding carboxylic acids is 1.